The lowest BCUT2D eigenvalue weighted by Crippen LogP contribution is -2.60. The number of nitrogens with one attached hydrogen (secondary N) is 2. The van der Waals surface area contributed by atoms with Gasteiger partial charge in [0.05, 0.1) is 18.8 Å². The number of nitrogens with zero attached hydrogens (tertiary/aromatic N) is 1. The lowest BCUT2D eigenvalue weighted by molar-refractivity contribution is -0.278. The Balaban J connectivity index is 1.68. The van der Waals surface area contributed by atoms with Gasteiger partial charge >= 0.3 is 0 Å². The molecule has 1 aliphatic rings. The number of aromatic amines is 1. The quantitative estimate of drug-likeness (QED) is 0.170. The highest BCUT2D eigenvalue weighted by atomic mass is 16.7. The zero-order valence-corrected chi connectivity index (χ0v) is 23.2. The van der Waals surface area contributed by atoms with Gasteiger partial charge in [-0.2, -0.15) is 0 Å². The van der Waals surface area contributed by atoms with Crippen molar-refractivity contribution in [2.24, 2.45) is 5.73 Å². The average Bonchev–Trinajstić information content (AvgIpc) is 3.27. The van der Waals surface area contributed by atoms with E-state index in [9.17, 15) is 25.2 Å². The fourth-order valence-corrected chi connectivity index (χ4v) is 4.28. The van der Waals surface area contributed by atoms with Crippen molar-refractivity contribution in [2.75, 3.05) is 19.8 Å². The summed E-state index contributed by atoms with van der Waals surface area (Å²) in [5.41, 5.74) is 8.22. The van der Waals surface area contributed by atoms with Crippen molar-refractivity contribution in [3.05, 3.63) is 40.6 Å². The van der Waals surface area contributed by atoms with Gasteiger partial charge in [0.15, 0.2) is 0 Å². The standard InChI is InChI=1S/C27H42N4O8/c1-14(2)20-18(24(31-30-20)39-25-23(35)22(34)21(33)19(13-32)38-25)12-16-7-8-17(11-15(16)3)37-10-6-9-29-27(4,5)26(28)36/h7-8,11,14,19,21-23,25,29,32-35H,6,9-10,12-13H2,1-5H3,(H2,28,36)(H,30,31)/t19-,21+,22+,23-,25+/m1/s1. The molecule has 12 nitrogen and oxygen atoms in total. The summed E-state index contributed by atoms with van der Waals surface area (Å²) in [6.07, 6.45) is -5.81. The van der Waals surface area contributed by atoms with Gasteiger partial charge < -0.3 is 45.7 Å². The van der Waals surface area contributed by atoms with E-state index in [1.165, 1.54) is 0 Å². The van der Waals surface area contributed by atoms with Crippen molar-refractivity contribution >= 4 is 5.91 Å². The second-order valence-electron chi connectivity index (χ2n) is 10.8. The molecule has 8 N–H and O–H groups in total. The maximum Gasteiger partial charge on any atom is 0.238 e. The van der Waals surface area contributed by atoms with Gasteiger partial charge in [0, 0.05) is 17.7 Å². The van der Waals surface area contributed by atoms with E-state index in [1.54, 1.807) is 13.8 Å². The Morgan fingerprint density at radius 3 is 2.56 bits per heavy atom. The summed E-state index contributed by atoms with van der Waals surface area (Å²) in [5.74, 6) is 0.610. The van der Waals surface area contributed by atoms with E-state index in [4.69, 9.17) is 19.9 Å². The third-order valence-corrected chi connectivity index (χ3v) is 6.97. The molecule has 0 aliphatic carbocycles. The molecule has 218 valence electrons. The van der Waals surface area contributed by atoms with Crippen LogP contribution >= 0.6 is 0 Å². The fourth-order valence-electron chi connectivity index (χ4n) is 4.28. The molecular formula is C27H42N4O8. The Labute approximate surface area is 228 Å². The summed E-state index contributed by atoms with van der Waals surface area (Å²) < 4.78 is 17.3. The van der Waals surface area contributed by atoms with E-state index in [1.807, 2.05) is 39.0 Å². The van der Waals surface area contributed by atoms with Crippen molar-refractivity contribution in [1.82, 2.24) is 15.5 Å². The minimum absolute atomic E-state index is 0.0933. The van der Waals surface area contributed by atoms with Crippen molar-refractivity contribution in [3.8, 4) is 11.6 Å². The molecule has 0 radical (unpaired) electrons. The van der Waals surface area contributed by atoms with E-state index in [0.717, 1.165) is 28.1 Å². The molecule has 39 heavy (non-hydrogen) atoms. The van der Waals surface area contributed by atoms with Gasteiger partial charge in [-0.05, 0) is 62.9 Å². The molecule has 3 rings (SSSR count). The number of hydrogen-bond acceptors (Lipinski definition) is 10. The summed E-state index contributed by atoms with van der Waals surface area (Å²) >= 11 is 0. The molecule has 2 aromatic rings. The van der Waals surface area contributed by atoms with E-state index in [2.05, 4.69) is 15.5 Å². The smallest absolute Gasteiger partial charge is 0.238 e. The largest absolute Gasteiger partial charge is 0.494 e. The number of hydrogen-bond donors (Lipinski definition) is 7. The highest BCUT2D eigenvalue weighted by molar-refractivity contribution is 5.83. The predicted molar refractivity (Wildman–Crippen MR) is 142 cm³/mol. The zero-order valence-electron chi connectivity index (χ0n) is 23.2. The molecule has 1 fully saturated rings. The number of amides is 1. The molecule has 2 heterocycles. The third-order valence-electron chi connectivity index (χ3n) is 6.97. The van der Waals surface area contributed by atoms with Crippen LogP contribution in [0, 0.1) is 6.92 Å². The molecule has 5 atom stereocenters. The molecule has 0 bridgehead atoms. The number of H-pyrrole nitrogens is 1. The number of aliphatic hydroxyl groups is 4. The van der Waals surface area contributed by atoms with Crippen molar-refractivity contribution in [3.63, 3.8) is 0 Å². The van der Waals surface area contributed by atoms with Crippen LogP contribution in [0.2, 0.25) is 0 Å². The van der Waals surface area contributed by atoms with Crippen LogP contribution < -0.4 is 20.5 Å². The first kappa shape index (κ1) is 30.8. The molecule has 1 amide bonds. The monoisotopic (exact) mass is 550 g/mol. The fraction of sp³-hybridized carbons (Fsp3) is 0.630. The molecule has 0 saturated carbocycles. The SMILES string of the molecule is Cc1cc(OCCCNC(C)(C)C(N)=O)ccc1Cc1c(O[C@@H]2O[C@H](CO)[C@H](O)[C@H](O)[C@H]2O)n[nH]c1C(C)C. The van der Waals surface area contributed by atoms with Crippen molar-refractivity contribution in [2.45, 2.75) is 89.6 Å². The zero-order chi connectivity index (χ0) is 28.9. The lowest BCUT2D eigenvalue weighted by Gasteiger charge is -2.39. The number of nitrogens with two attached hydrogens (primary N) is 1. The second kappa shape index (κ2) is 13.1. The molecular weight excluding hydrogens is 508 g/mol. The van der Waals surface area contributed by atoms with Gasteiger partial charge in [-0.15, -0.1) is 5.10 Å². The highest BCUT2D eigenvalue weighted by Gasteiger charge is 2.45. The number of aryl methyl sites for hydroxylation is 1. The van der Waals surface area contributed by atoms with Crippen LogP contribution in [0.15, 0.2) is 18.2 Å². The normalized spacial score (nSPS) is 23.7. The number of ether oxygens (including phenoxy) is 3. The van der Waals surface area contributed by atoms with E-state index >= 15 is 0 Å². The van der Waals surface area contributed by atoms with Gasteiger partial charge in [-0.3, -0.25) is 9.89 Å². The number of aliphatic hydroxyl groups excluding tert-OH is 4. The Hall–Kier alpha value is -2.74. The number of carbonyl (C=O) groups excluding carboxylic acids is 1. The second-order valence-corrected chi connectivity index (χ2v) is 10.8. The molecule has 1 aromatic carbocycles. The van der Waals surface area contributed by atoms with Crippen LogP contribution in [0.25, 0.3) is 0 Å². The van der Waals surface area contributed by atoms with Gasteiger partial charge in [0.1, 0.15) is 30.2 Å². The van der Waals surface area contributed by atoms with Gasteiger partial charge in [-0.1, -0.05) is 19.9 Å². The number of primary amides is 1. The first-order chi connectivity index (χ1) is 18.4. The molecule has 12 heteroatoms. The number of rotatable bonds is 13. The van der Waals surface area contributed by atoms with Gasteiger partial charge in [0.2, 0.25) is 18.1 Å². The van der Waals surface area contributed by atoms with Crippen LogP contribution in [0.3, 0.4) is 0 Å². The van der Waals surface area contributed by atoms with E-state index in [-0.39, 0.29) is 11.8 Å². The third kappa shape index (κ3) is 7.47. The number of aromatic nitrogens is 2. The highest BCUT2D eigenvalue weighted by Crippen LogP contribution is 2.32. The van der Waals surface area contributed by atoms with Crippen molar-refractivity contribution in [1.29, 1.82) is 0 Å². The topological polar surface area (TPSA) is 192 Å². The first-order valence-electron chi connectivity index (χ1n) is 13.2. The maximum atomic E-state index is 11.4. The molecule has 1 saturated heterocycles. The van der Waals surface area contributed by atoms with Gasteiger partial charge in [-0.25, -0.2) is 0 Å². The van der Waals surface area contributed by atoms with Crippen LogP contribution in [0.5, 0.6) is 11.6 Å². The Morgan fingerprint density at radius 2 is 1.95 bits per heavy atom. The summed E-state index contributed by atoms with van der Waals surface area (Å²) in [6.45, 7) is 9.99. The Kier molecular flexibility index (Phi) is 10.3. The van der Waals surface area contributed by atoms with Crippen molar-refractivity contribution < 1.29 is 39.4 Å². The average molecular weight is 551 g/mol. The summed E-state index contributed by atoms with van der Waals surface area (Å²) in [4.78, 5) is 11.4. The minimum Gasteiger partial charge on any atom is -0.494 e. The van der Waals surface area contributed by atoms with Crippen LogP contribution in [-0.2, 0) is 16.0 Å². The maximum absolute atomic E-state index is 11.4. The molecule has 1 aliphatic heterocycles. The van der Waals surface area contributed by atoms with E-state index < -0.39 is 48.8 Å². The molecule has 1 aromatic heterocycles. The molecule has 0 spiro atoms. The lowest BCUT2D eigenvalue weighted by atomic mass is 9.96. The predicted octanol–water partition coefficient (Wildman–Crippen LogP) is 0.233. The summed E-state index contributed by atoms with van der Waals surface area (Å²) in [5, 5.41) is 50.5. The number of carbonyl (C=O) groups is 1. The van der Waals surface area contributed by atoms with Crippen LogP contribution in [0.1, 0.15) is 62.4 Å². The first-order valence-corrected chi connectivity index (χ1v) is 13.2. The Bertz CT molecular complexity index is 1100. The van der Waals surface area contributed by atoms with Gasteiger partial charge in [0.25, 0.3) is 0 Å². The Morgan fingerprint density at radius 1 is 1.23 bits per heavy atom. The van der Waals surface area contributed by atoms with Crippen LogP contribution in [-0.4, -0.2) is 92.5 Å². The van der Waals surface area contributed by atoms with Crippen LogP contribution in [0.4, 0.5) is 0 Å². The minimum atomic E-state index is -1.55. The number of benzene rings is 1. The summed E-state index contributed by atoms with van der Waals surface area (Å²) in [7, 11) is 0. The van der Waals surface area contributed by atoms with E-state index in [0.29, 0.717) is 26.0 Å². The summed E-state index contributed by atoms with van der Waals surface area (Å²) in [6, 6.07) is 5.80. The molecule has 0 unspecified atom stereocenters.